The van der Waals surface area contributed by atoms with Crippen molar-refractivity contribution in [3.05, 3.63) is 94.4 Å². The highest BCUT2D eigenvalue weighted by Gasteiger charge is 2.35. The van der Waals surface area contributed by atoms with Crippen LogP contribution in [0, 0.1) is 0 Å². The maximum atomic E-state index is 12.2. The van der Waals surface area contributed by atoms with Gasteiger partial charge in [0.15, 0.2) is 6.23 Å². The summed E-state index contributed by atoms with van der Waals surface area (Å²) in [5.41, 5.74) is 2.44. The maximum absolute atomic E-state index is 12.2. The van der Waals surface area contributed by atoms with E-state index in [-0.39, 0.29) is 5.97 Å². The Labute approximate surface area is 150 Å². The van der Waals surface area contributed by atoms with Gasteiger partial charge >= 0.3 is 5.97 Å². The highest BCUT2D eigenvalue weighted by atomic mass is 35.5. The predicted octanol–water partition coefficient (Wildman–Crippen LogP) is 4.80. The van der Waals surface area contributed by atoms with Gasteiger partial charge in [-0.1, -0.05) is 48.0 Å². The number of ether oxygens (including phenoxy) is 1. The van der Waals surface area contributed by atoms with Crippen LogP contribution in [0.3, 0.4) is 0 Å². The maximum Gasteiger partial charge on any atom is 0.340 e. The van der Waals surface area contributed by atoms with Gasteiger partial charge in [0.2, 0.25) is 0 Å². The Kier molecular flexibility index (Phi) is 4.30. The second-order valence-corrected chi connectivity index (χ2v) is 6.33. The van der Waals surface area contributed by atoms with Gasteiger partial charge in [-0.05, 0) is 29.8 Å². The van der Waals surface area contributed by atoms with Gasteiger partial charge in [0, 0.05) is 17.1 Å². The first-order valence-electron chi connectivity index (χ1n) is 8.02. The number of rotatable bonds is 5. The van der Waals surface area contributed by atoms with Crippen molar-refractivity contribution in [2.45, 2.75) is 19.3 Å². The fourth-order valence-electron chi connectivity index (χ4n) is 3.07. The van der Waals surface area contributed by atoms with Gasteiger partial charge in [-0.15, -0.1) is 0 Å². The summed E-state index contributed by atoms with van der Waals surface area (Å²) < 4.78 is 11.1. The zero-order valence-corrected chi connectivity index (χ0v) is 14.1. The molecule has 2 heterocycles. The third-order valence-electron chi connectivity index (χ3n) is 4.27. The normalized spacial score (nSPS) is 16.1. The van der Waals surface area contributed by atoms with Crippen LogP contribution in [0.25, 0.3) is 0 Å². The molecule has 1 aliphatic rings. The summed E-state index contributed by atoms with van der Waals surface area (Å²) in [7, 11) is 0. The third kappa shape index (κ3) is 3.18. The minimum absolute atomic E-state index is 0.302. The Morgan fingerprint density at radius 2 is 1.76 bits per heavy atom. The molecule has 4 rings (SSSR count). The SMILES string of the molecule is O=C1OC(N(Cc2ccco2)Cc2ccccc2Cl)c2ccccc21. The largest absolute Gasteiger partial charge is 0.468 e. The number of fused-ring (bicyclic) bond motifs is 1. The molecule has 1 aliphatic heterocycles. The summed E-state index contributed by atoms with van der Waals surface area (Å²) in [6.45, 7) is 1.04. The van der Waals surface area contributed by atoms with E-state index in [4.69, 9.17) is 20.8 Å². The van der Waals surface area contributed by atoms with Crippen molar-refractivity contribution in [2.75, 3.05) is 0 Å². The predicted molar refractivity (Wildman–Crippen MR) is 94.0 cm³/mol. The average Bonchev–Trinajstić information content (AvgIpc) is 3.25. The van der Waals surface area contributed by atoms with E-state index in [1.54, 1.807) is 12.3 Å². The van der Waals surface area contributed by atoms with Crippen molar-refractivity contribution < 1.29 is 13.9 Å². The second-order valence-electron chi connectivity index (χ2n) is 5.92. The van der Waals surface area contributed by atoms with Crippen LogP contribution in [0.15, 0.2) is 71.3 Å². The van der Waals surface area contributed by atoms with Crippen LogP contribution in [-0.2, 0) is 17.8 Å². The second kappa shape index (κ2) is 6.75. The fourth-order valence-corrected chi connectivity index (χ4v) is 3.26. The van der Waals surface area contributed by atoms with E-state index in [9.17, 15) is 4.79 Å². The zero-order chi connectivity index (χ0) is 17.2. The number of carbonyl (C=O) groups excluding carboxylic acids is 1. The first-order valence-corrected chi connectivity index (χ1v) is 8.40. The molecule has 0 saturated heterocycles. The van der Waals surface area contributed by atoms with Crippen molar-refractivity contribution in [3.8, 4) is 0 Å². The zero-order valence-electron chi connectivity index (χ0n) is 13.4. The molecule has 126 valence electrons. The van der Waals surface area contributed by atoms with E-state index in [1.807, 2.05) is 59.5 Å². The molecule has 1 atom stereocenters. The number of carbonyl (C=O) groups is 1. The molecular formula is C20H16ClNO3. The van der Waals surface area contributed by atoms with Gasteiger partial charge in [0.1, 0.15) is 5.76 Å². The summed E-state index contributed by atoms with van der Waals surface area (Å²) in [6, 6.07) is 18.9. The minimum atomic E-state index is -0.468. The molecule has 0 fully saturated rings. The van der Waals surface area contributed by atoms with E-state index in [2.05, 4.69) is 0 Å². The molecule has 5 heteroatoms. The lowest BCUT2D eigenvalue weighted by molar-refractivity contribution is -0.0335. The Morgan fingerprint density at radius 1 is 0.960 bits per heavy atom. The van der Waals surface area contributed by atoms with Crippen molar-refractivity contribution >= 4 is 17.6 Å². The monoisotopic (exact) mass is 353 g/mol. The summed E-state index contributed by atoms with van der Waals surface area (Å²) >= 11 is 6.33. The minimum Gasteiger partial charge on any atom is -0.468 e. The van der Waals surface area contributed by atoms with E-state index in [1.165, 1.54) is 0 Å². The molecule has 1 aromatic heterocycles. The highest BCUT2D eigenvalue weighted by Crippen LogP contribution is 2.35. The molecule has 0 radical (unpaired) electrons. The van der Waals surface area contributed by atoms with Gasteiger partial charge in [-0.25, -0.2) is 4.79 Å². The van der Waals surface area contributed by atoms with Crippen LogP contribution >= 0.6 is 11.6 Å². The Balaban J connectivity index is 1.68. The van der Waals surface area contributed by atoms with Crippen LogP contribution < -0.4 is 0 Å². The lowest BCUT2D eigenvalue weighted by Gasteiger charge is -2.27. The molecule has 0 N–H and O–H groups in total. The van der Waals surface area contributed by atoms with E-state index in [0.717, 1.165) is 16.9 Å². The Hall–Kier alpha value is -2.56. The van der Waals surface area contributed by atoms with Gasteiger partial charge in [0.25, 0.3) is 0 Å². The number of nitrogens with zero attached hydrogens (tertiary/aromatic N) is 1. The van der Waals surface area contributed by atoms with Crippen molar-refractivity contribution in [2.24, 2.45) is 0 Å². The molecule has 3 aromatic rings. The molecule has 25 heavy (non-hydrogen) atoms. The van der Waals surface area contributed by atoms with Crippen LogP contribution in [0.4, 0.5) is 0 Å². The lowest BCUT2D eigenvalue weighted by atomic mass is 10.1. The number of hydrogen-bond donors (Lipinski definition) is 0. The molecule has 4 nitrogen and oxygen atoms in total. The van der Waals surface area contributed by atoms with Crippen LogP contribution in [0.1, 0.15) is 33.5 Å². The van der Waals surface area contributed by atoms with Gasteiger partial charge in [-0.3, -0.25) is 4.90 Å². The first-order chi connectivity index (χ1) is 12.2. The number of furan rings is 1. The van der Waals surface area contributed by atoms with E-state index < -0.39 is 6.23 Å². The number of halogens is 1. The highest BCUT2D eigenvalue weighted by molar-refractivity contribution is 6.31. The van der Waals surface area contributed by atoms with Crippen LogP contribution in [0.2, 0.25) is 5.02 Å². The smallest absolute Gasteiger partial charge is 0.340 e. The first kappa shape index (κ1) is 15.9. The summed E-state index contributed by atoms with van der Waals surface area (Å²) in [6.07, 6.45) is 1.17. The van der Waals surface area contributed by atoms with Gasteiger partial charge in [0.05, 0.1) is 18.4 Å². The topological polar surface area (TPSA) is 42.7 Å². The van der Waals surface area contributed by atoms with Crippen molar-refractivity contribution in [1.82, 2.24) is 4.90 Å². The average molecular weight is 354 g/mol. The van der Waals surface area contributed by atoms with Crippen molar-refractivity contribution in [1.29, 1.82) is 0 Å². The molecule has 0 saturated carbocycles. The van der Waals surface area contributed by atoms with Crippen LogP contribution in [-0.4, -0.2) is 10.9 Å². The molecule has 0 bridgehead atoms. The number of hydrogen-bond acceptors (Lipinski definition) is 4. The Morgan fingerprint density at radius 3 is 2.56 bits per heavy atom. The number of benzene rings is 2. The number of cyclic esters (lactones) is 1. The van der Waals surface area contributed by atoms with Gasteiger partial charge < -0.3 is 9.15 Å². The molecule has 2 aromatic carbocycles. The van der Waals surface area contributed by atoms with Crippen molar-refractivity contribution in [3.63, 3.8) is 0 Å². The van der Waals surface area contributed by atoms with E-state index >= 15 is 0 Å². The summed E-state index contributed by atoms with van der Waals surface area (Å²) in [5, 5.41) is 0.685. The molecule has 0 amide bonds. The quantitative estimate of drug-likeness (QED) is 0.618. The number of esters is 1. The summed E-state index contributed by atoms with van der Waals surface area (Å²) in [5.74, 6) is 0.497. The third-order valence-corrected chi connectivity index (χ3v) is 4.64. The Bertz CT molecular complexity index is 891. The fraction of sp³-hybridized carbons (Fsp3) is 0.150. The molecule has 0 spiro atoms. The lowest BCUT2D eigenvalue weighted by Crippen LogP contribution is -2.28. The molecule has 0 aliphatic carbocycles. The summed E-state index contributed by atoms with van der Waals surface area (Å²) in [4.78, 5) is 14.2. The van der Waals surface area contributed by atoms with Gasteiger partial charge in [-0.2, -0.15) is 0 Å². The molecular weight excluding hydrogens is 338 g/mol. The van der Waals surface area contributed by atoms with Crippen LogP contribution in [0.5, 0.6) is 0 Å². The van der Waals surface area contributed by atoms with E-state index in [0.29, 0.717) is 23.7 Å². The standard InChI is InChI=1S/C20H16ClNO3/c21-18-10-4-1-6-14(18)12-22(13-15-7-5-11-24-15)19-16-8-2-3-9-17(16)20(23)25-19/h1-11,19H,12-13H2. The molecule has 1 unspecified atom stereocenters.